The largest absolute Gasteiger partial charge is 0.489 e. The van der Waals surface area contributed by atoms with Gasteiger partial charge in [0.25, 0.3) is 5.91 Å². The van der Waals surface area contributed by atoms with Crippen LogP contribution in [0.1, 0.15) is 29.6 Å². The van der Waals surface area contributed by atoms with Crippen LogP contribution >= 0.6 is 0 Å². The minimum Gasteiger partial charge on any atom is -0.489 e. The van der Waals surface area contributed by atoms with E-state index in [0.717, 1.165) is 52.2 Å². The lowest BCUT2D eigenvalue weighted by molar-refractivity contribution is 0.0702. The van der Waals surface area contributed by atoms with Crippen molar-refractivity contribution in [2.75, 3.05) is 45.9 Å². The van der Waals surface area contributed by atoms with Gasteiger partial charge in [-0.25, -0.2) is 0 Å². The molecule has 3 rings (SSSR count). The Kier molecular flexibility index (Phi) is 6.48. The average Bonchev–Trinajstić information content (AvgIpc) is 3.04. The Hall–Kier alpha value is -1.85. The van der Waals surface area contributed by atoms with E-state index in [1.807, 2.05) is 29.2 Å². The van der Waals surface area contributed by atoms with Crippen LogP contribution in [0.15, 0.2) is 36.9 Å². The number of ether oxygens (including phenoxy) is 2. The molecule has 0 aromatic heterocycles. The topological polar surface area (TPSA) is 42.0 Å². The lowest BCUT2D eigenvalue weighted by Gasteiger charge is -2.24. The van der Waals surface area contributed by atoms with E-state index in [1.54, 1.807) is 6.08 Å². The van der Waals surface area contributed by atoms with Gasteiger partial charge in [-0.1, -0.05) is 24.8 Å². The van der Waals surface area contributed by atoms with Crippen molar-refractivity contribution in [3.63, 3.8) is 0 Å². The van der Waals surface area contributed by atoms with Crippen molar-refractivity contribution >= 4 is 5.91 Å². The minimum atomic E-state index is 0.0543. The van der Waals surface area contributed by atoms with Crippen molar-refractivity contribution < 1.29 is 14.3 Å². The second-order valence-corrected chi connectivity index (χ2v) is 6.68. The molecule has 2 fully saturated rings. The van der Waals surface area contributed by atoms with Gasteiger partial charge in [-0.15, -0.1) is 0 Å². The average molecular weight is 344 g/mol. The van der Waals surface area contributed by atoms with Crippen LogP contribution in [0.3, 0.4) is 0 Å². The number of nitrogens with zero attached hydrogens (tertiary/aromatic N) is 2. The predicted molar refractivity (Wildman–Crippen MR) is 98.1 cm³/mol. The molecule has 2 saturated heterocycles. The molecule has 1 aromatic carbocycles. The van der Waals surface area contributed by atoms with Gasteiger partial charge in [0, 0.05) is 32.8 Å². The van der Waals surface area contributed by atoms with E-state index in [0.29, 0.717) is 24.0 Å². The molecule has 2 aliphatic rings. The molecule has 0 saturated carbocycles. The first-order valence-corrected chi connectivity index (χ1v) is 9.24. The zero-order valence-electron chi connectivity index (χ0n) is 14.9. The summed E-state index contributed by atoms with van der Waals surface area (Å²) in [6.45, 7) is 9.42. The van der Waals surface area contributed by atoms with Gasteiger partial charge in [-0.3, -0.25) is 9.69 Å². The van der Waals surface area contributed by atoms with Gasteiger partial charge < -0.3 is 14.4 Å². The highest BCUT2D eigenvalue weighted by Crippen LogP contribution is 2.21. The number of carbonyl (C=O) groups excluding carboxylic acids is 1. The van der Waals surface area contributed by atoms with E-state index in [-0.39, 0.29) is 5.91 Å². The number of hydrogen-bond acceptors (Lipinski definition) is 4. The summed E-state index contributed by atoms with van der Waals surface area (Å²) in [5, 5.41) is 0. The SMILES string of the molecule is C=CCOc1ccccc1C(=O)N1CCCN(C[C@@H]2CCCO2)CC1. The molecule has 0 radical (unpaired) electrons. The minimum absolute atomic E-state index is 0.0543. The Morgan fingerprint density at radius 3 is 2.92 bits per heavy atom. The fourth-order valence-electron chi connectivity index (χ4n) is 3.52. The van der Waals surface area contributed by atoms with E-state index in [1.165, 1.54) is 6.42 Å². The summed E-state index contributed by atoms with van der Waals surface area (Å²) in [7, 11) is 0. The van der Waals surface area contributed by atoms with E-state index in [9.17, 15) is 4.79 Å². The fraction of sp³-hybridized carbons (Fsp3) is 0.550. The third-order valence-electron chi connectivity index (χ3n) is 4.84. The number of rotatable bonds is 6. The fourth-order valence-corrected chi connectivity index (χ4v) is 3.52. The molecule has 25 heavy (non-hydrogen) atoms. The second kappa shape index (κ2) is 9.02. The highest BCUT2D eigenvalue weighted by atomic mass is 16.5. The van der Waals surface area contributed by atoms with Gasteiger partial charge in [0.05, 0.1) is 11.7 Å². The summed E-state index contributed by atoms with van der Waals surface area (Å²) < 4.78 is 11.4. The number of hydrogen-bond donors (Lipinski definition) is 0. The second-order valence-electron chi connectivity index (χ2n) is 6.68. The third kappa shape index (κ3) is 4.83. The zero-order valence-corrected chi connectivity index (χ0v) is 14.9. The van der Waals surface area contributed by atoms with Crippen LogP contribution in [0, 0.1) is 0 Å². The summed E-state index contributed by atoms with van der Waals surface area (Å²) in [5.74, 6) is 0.687. The van der Waals surface area contributed by atoms with Crippen molar-refractivity contribution in [3.05, 3.63) is 42.5 Å². The molecule has 0 bridgehead atoms. The zero-order chi connectivity index (χ0) is 17.5. The van der Waals surface area contributed by atoms with Crippen LogP contribution < -0.4 is 4.74 Å². The van der Waals surface area contributed by atoms with Crippen LogP contribution in [0.25, 0.3) is 0 Å². The summed E-state index contributed by atoms with van der Waals surface area (Å²) in [5.41, 5.74) is 0.636. The monoisotopic (exact) mass is 344 g/mol. The van der Waals surface area contributed by atoms with Crippen LogP contribution in [-0.4, -0.2) is 67.7 Å². The smallest absolute Gasteiger partial charge is 0.257 e. The van der Waals surface area contributed by atoms with E-state index in [4.69, 9.17) is 9.47 Å². The maximum Gasteiger partial charge on any atom is 0.257 e. The first kappa shape index (κ1) is 18.0. The Morgan fingerprint density at radius 1 is 1.24 bits per heavy atom. The number of carbonyl (C=O) groups is 1. The van der Waals surface area contributed by atoms with Gasteiger partial charge in [0.15, 0.2) is 0 Å². The number of para-hydroxylation sites is 1. The van der Waals surface area contributed by atoms with Crippen molar-refractivity contribution in [3.8, 4) is 5.75 Å². The Labute approximate surface area is 150 Å². The summed E-state index contributed by atoms with van der Waals surface area (Å²) in [4.78, 5) is 17.3. The Balaban J connectivity index is 1.60. The standard InChI is InChI=1S/C20H28N2O3/c1-2-14-25-19-9-4-3-8-18(19)20(23)22-11-6-10-21(12-13-22)16-17-7-5-15-24-17/h2-4,8-9,17H,1,5-7,10-16H2/t17-/m0/s1. The van der Waals surface area contributed by atoms with E-state index in [2.05, 4.69) is 11.5 Å². The van der Waals surface area contributed by atoms with E-state index >= 15 is 0 Å². The maximum atomic E-state index is 13.0. The molecule has 5 heteroatoms. The lowest BCUT2D eigenvalue weighted by atomic mass is 10.1. The van der Waals surface area contributed by atoms with Crippen LogP contribution in [0.4, 0.5) is 0 Å². The first-order valence-electron chi connectivity index (χ1n) is 9.24. The highest BCUT2D eigenvalue weighted by molar-refractivity contribution is 5.97. The van der Waals surface area contributed by atoms with E-state index < -0.39 is 0 Å². The summed E-state index contributed by atoms with van der Waals surface area (Å²) in [6, 6.07) is 7.46. The lowest BCUT2D eigenvalue weighted by Crippen LogP contribution is -2.37. The maximum absolute atomic E-state index is 13.0. The molecule has 2 heterocycles. The molecule has 136 valence electrons. The first-order chi connectivity index (χ1) is 12.3. The molecule has 5 nitrogen and oxygen atoms in total. The van der Waals surface area contributed by atoms with Crippen molar-refractivity contribution in [1.82, 2.24) is 9.80 Å². The molecule has 2 aliphatic heterocycles. The third-order valence-corrected chi connectivity index (χ3v) is 4.84. The molecule has 1 atom stereocenters. The van der Waals surface area contributed by atoms with Gasteiger partial charge in [0.2, 0.25) is 0 Å². The van der Waals surface area contributed by atoms with Crippen molar-refractivity contribution in [2.45, 2.75) is 25.4 Å². The molecule has 1 amide bonds. The van der Waals surface area contributed by atoms with Crippen LogP contribution in [0.5, 0.6) is 5.75 Å². The summed E-state index contributed by atoms with van der Waals surface area (Å²) in [6.07, 6.45) is 5.39. The molecular weight excluding hydrogens is 316 g/mol. The summed E-state index contributed by atoms with van der Waals surface area (Å²) >= 11 is 0. The van der Waals surface area contributed by atoms with Crippen molar-refractivity contribution in [1.29, 1.82) is 0 Å². The van der Waals surface area contributed by atoms with Crippen LogP contribution in [0.2, 0.25) is 0 Å². The predicted octanol–water partition coefficient (Wildman–Crippen LogP) is 2.58. The molecule has 0 N–H and O–H groups in total. The Morgan fingerprint density at radius 2 is 2.12 bits per heavy atom. The molecule has 1 aromatic rings. The highest BCUT2D eigenvalue weighted by Gasteiger charge is 2.25. The number of benzene rings is 1. The number of amides is 1. The Bertz CT molecular complexity index is 584. The van der Waals surface area contributed by atoms with Crippen molar-refractivity contribution in [2.24, 2.45) is 0 Å². The molecule has 0 spiro atoms. The van der Waals surface area contributed by atoms with Gasteiger partial charge in [-0.05, 0) is 37.9 Å². The van der Waals surface area contributed by atoms with Gasteiger partial charge >= 0.3 is 0 Å². The quantitative estimate of drug-likeness (QED) is 0.744. The molecule has 0 aliphatic carbocycles. The normalized spacial score (nSPS) is 21.8. The van der Waals surface area contributed by atoms with Gasteiger partial charge in [-0.2, -0.15) is 0 Å². The van der Waals surface area contributed by atoms with Crippen LogP contribution in [-0.2, 0) is 4.74 Å². The molecular formula is C20H28N2O3. The van der Waals surface area contributed by atoms with Gasteiger partial charge in [0.1, 0.15) is 12.4 Å². The molecule has 0 unspecified atom stereocenters.